The number of aromatic nitrogens is 1. The van der Waals surface area contributed by atoms with E-state index < -0.39 is 0 Å². The van der Waals surface area contributed by atoms with Gasteiger partial charge < -0.3 is 4.90 Å². The van der Waals surface area contributed by atoms with Gasteiger partial charge in [-0.05, 0) is 44.0 Å². The standard InChI is InChI=1S/C19H19N3O2S/c1-13-12-15(6-7-17(13)22(23)24)21-10-8-14(9-11-21)19-20-16-4-2-3-5-18(16)25-19/h2-7,12,14H,8-11H2,1H3. The number of aryl methyl sites for hydroxylation is 1. The Balaban J connectivity index is 1.47. The largest absolute Gasteiger partial charge is 0.371 e. The molecule has 128 valence electrons. The van der Waals surface area contributed by atoms with Gasteiger partial charge in [0.25, 0.3) is 5.69 Å². The van der Waals surface area contributed by atoms with Gasteiger partial charge in [0.1, 0.15) is 0 Å². The molecule has 1 aliphatic rings. The molecule has 2 heterocycles. The summed E-state index contributed by atoms with van der Waals surface area (Å²) in [4.78, 5) is 17.8. The van der Waals surface area contributed by atoms with Crippen LogP contribution in [0.25, 0.3) is 10.2 Å². The fraction of sp³-hybridized carbons (Fsp3) is 0.316. The summed E-state index contributed by atoms with van der Waals surface area (Å²) in [5.41, 5.74) is 3.07. The van der Waals surface area contributed by atoms with Crippen molar-refractivity contribution in [3.63, 3.8) is 0 Å². The first-order valence-corrected chi connectivity index (χ1v) is 9.29. The number of fused-ring (bicyclic) bond motifs is 1. The molecule has 0 bridgehead atoms. The molecule has 5 nitrogen and oxygen atoms in total. The number of para-hydroxylation sites is 1. The predicted molar refractivity (Wildman–Crippen MR) is 102 cm³/mol. The molecular formula is C19H19N3O2S. The zero-order valence-corrected chi connectivity index (χ0v) is 14.8. The highest BCUT2D eigenvalue weighted by Crippen LogP contribution is 2.35. The van der Waals surface area contributed by atoms with E-state index in [-0.39, 0.29) is 10.6 Å². The number of nitro benzene ring substituents is 1. The minimum absolute atomic E-state index is 0.188. The maximum Gasteiger partial charge on any atom is 0.272 e. The summed E-state index contributed by atoms with van der Waals surface area (Å²) in [5.74, 6) is 0.507. The number of hydrogen-bond acceptors (Lipinski definition) is 5. The number of benzene rings is 2. The summed E-state index contributed by atoms with van der Waals surface area (Å²) in [7, 11) is 0. The minimum atomic E-state index is -0.321. The van der Waals surface area contributed by atoms with Crippen molar-refractivity contribution in [2.45, 2.75) is 25.7 Å². The summed E-state index contributed by atoms with van der Waals surface area (Å²) in [5, 5.41) is 12.2. The van der Waals surface area contributed by atoms with Crippen LogP contribution in [-0.2, 0) is 0 Å². The number of hydrogen-bond donors (Lipinski definition) is 0. The van der Waals surface area contributed by atoms with Crippen LogP contribution in [0.4, 0.5) is 11.4 Å². The molecule has 1 aromatic heterocycles. The topological polar surface area (TPSA) is 59.3 Å². The van der Waals surface area contributed by atoms with Crippen molar-refractivity contribution in [1.82, 2.24) is 4.98 Å². The second-order valence-electron chi connectivity index (χ2n) is 6.51. The average Bonchev–Trinajstić information content (AvgIpc) is 3.05. The van der Waals surface area contributed by atoms with Gasteiger partial charge in [0, 0.05) is 36.3 Å². The SMILES string of the molecule is Cc1cc(N2CCC(c3nc4ccccc4s3)CC2)ccc1[N+](=O)[O-]. The third-order valence-corrected chi connectivity index (χ3v) is 6.10. The van der Waals surface area contributed by atoms with E-state index in [1.165, 1.54) is 9.71 Å². The highest BCUT2D eigenvalue weighted by molar-refractivity contribution is 7.18. The molecular weight excluding hydrogens is 334 g/mol. The maximum absolute atomic E-state index is 11.0. The lowest BCUT2D eigenvalue weighted by Gasteiger charge is -2.33. The molecule has 1 aliphatic heterocycles. The number of nitro groups is 1. The Morgan fingerprint density at radius 1 is 1.20 bits per heavy atom. The summed E-state index contributed by atoms with van der Waals surface area (Å²) in [6.45, 7) is 3.71. The van der Waals surface area contributed by atoms with Crippen LogP contribution in [0.2, 0.25) is 0 Å². The number of nitrogens with zero attached hydrogens (tertiary/aromatic N) is 3. The third kappa shape index (κ3) is 3.09. The van der Waals surface area contributed by atoms with Crippen molar-refractivity contribution in [3.8, 4) is 0 Å². The number of piperidine rings is 1. The van der Waals surface area contributed by atoms with Gasteiger partial charge in [0.2, 0.25) is 0 Å². The average molecular weight is 353 g/mol. The molecule has 2 aromatic carbocycles. The zero-order valence-electron chi connectivity index (χ0n) is 14.0. The smallest absolute Gasteiger partial charge is 0.272 e. The van der Waals surface area contributed by atoms with Gasteiger partial charge >= 0.3 is 0 Å². The quantitative estimate of drug-likeness (QED) is 0.496. The fourth-order valence-electron chi connectivity index (χ4n) is 3.49. The molecule has 0 atom stereocenters. The van der Waals surface area contributed by atoms with Gasteiger partial charge in [-0.25, -0.2) is 4.98 Å². The third-order valence-electron chi connectivity index (χ3n) is 4.90. The van der Waals surface area contributed by atoms with Crippen LogP contribution < -0.4 is 4.90 Å². The van der Waals surface area contributed by atoms with E-state index in [2.05, 4.69) is 23.1 Å². The van der Waals surface area contributed by atoms with E-state index in [0.29, 0.717) is 5.92 Å². The van der Waals surface area contributed by atoms with E-state index in [1.807, 2.05) is 18.2 Å². The highest BCUT2D eigenvalue weighted by Gasteiger charge is 2.24. The second kappa shape index (κ2) is 6.44. The minimum Gasteiger partial charge on any atom is -0.371 e. The molecule has 0 unspecified atom stereocenters. The van der Waals surface area contributed by atoms with Crippen LogP contribution in [0.1, 0.15) is 29.3 Å². The molecule has 0 saturated carbocycles. The number of anilines is 1. The van der Waals surface area contributed by atoms with Gasteiger partial charge in [-0.2, -0.15) is 0 Å². The highest BCUT2D eigenvalue weighted by atomic mass is 32.1. The Kier molecular flexibility index (Phi) is 4.13. The van der Waals surface area contributed by atoms with Gasteiger partial charge in [-0.1, -0.05) is 12.1 Å². The van der Waals surface area contributed by atoms with Gasteiger partial charge in [0.05, 0.1) is 20.1 Å². The Bertz CT molecular complexity index is 896. The van der Waals surface area contributed by atoms with E-state index in [0.717, 1.165) is 42.7 Å². The van der Waals surface area contributed by atoms with Crippen molar-refractivity contribution in [1.29, 1.82) is 0 Å². The van der Waals surface area contributed by atoms with Gasteiger partial charge in [-0.15, -0.1) is 11.3 Å². The number of rotatable bonds is 3. The first-order valence-electron chi connectivity index (χ1n) is 8.47. The van der Waals surface area contributed by atoms with E-state index in [4.69, 9.17) is 4.98 Å². The summed E-state index contributed by atoms with van der Waals surface area (Å²) >= 11 is 1.80. The van der Waals surface area contributed by atoms with Crippen LogP contribution in [0.15, 0.2) is 42.5 Å². The Morgan fingerprint density at radius 3 is 2.64 bits per heavy atom. The monoisotopic (exact) mass is 353 g/mol. The lowest BCUT2D eigenvalue weighted by molar-refractivity contribution is -0.385. The second-order valence-corrected chi connectivity index (χ2v) is 7.57. The maximum atomic E-state index is 11.0. The molecule has 0 radical (unpaired) electrons. The van der Waals surface area contributed by atoms with Crippen molar-refractivity contribution >= 4 is 32.9 Å². The zero-order chi connectivity index (χ0) is 17.4. The molecule has 4 rings (SSSR count). The first-order chi connectivity index (χ1) is 12.1. The summed E-state index contributed by atoms with van der Waals surface area (Å²) in [6, 6.07) is 13.7. The van der Waals surface area contributed by atoms with E-state index >= 15 is 0 Å². The van der Waals surface area contributed by atoms with Gasteiger partial charge in [-0.3, -0.25) is 10.1 Å². The molecule has 3 aromatic rings. The Hall–Kier alpha value is -2.47. The molecule has 6 heteroatoms. The van der Waals surface area contributed by atoms with Crippen molar-refractivity contribution in [3.05, 3.63) is 63.1 Å². The van der Waals surface area contributed by atoms with E-state index in [9.17, 15) is 10.1 Å². The van der Waals surface area contributed by atoms with Crippen molar-refractivity contribution in [2.75, 3.05) is 18.0 Å². The van der Waals surface area contributed by atoms with Crippen LogP contribution in [0.3, 0.4) is 0 Å². The first kappa shape index (κ1) is 16.0. The number of thiazole rings is 1. The molecule has 0 aliphatic carbocycles. The summed E-state index contributed by atoms with van der Waals surface area (Å²) in [6.07, 6.45) is 2.13. The van der Waals surface area contributed by atoms with Gasteiger partial charge in [0.15, 0.2) is 0 Å². The van der Waals surface area contributed by atoms with Crippen LogP contribution in [0.5, 0.6) is 0 Å². The predicted octanol–water partition coefficient (Wildman–Crippen LogP) is 4.90. The van der Waals surface area contributed by atoms with Crippen molar-refractivity contribution < 1.29 is 4.92 Å². The molecule has 25 heavy (non-hydrogen) atoms. The van der Waals surface area contributed by atoms with Crippen LogP contribution >= 0.6 is 11.3 Å². The molecule has 1 saturated heterocycles. The molecule has 1 fully saturated rings. The fourth-order valence-corrected chi connectivity index (χ4v) is 4.63. The van der Waals surface area contributed by atoms with Crippen LogP contribution in [0, 0.1) is 17.0 Å². The molecule has 0 spiro atoms. The lowest BCUT2D eigenvalue weighted by atomic mass is 9.97. The Morgan fingerprint density at radius 2 is 1.96 bits per heavy atom. The van der Waals surface area contributed by atoms with E-state index in [1.54, 1.807) is 24.3 Å². The Labute approximate surface area is 150 Å². The normalized spacial score (nSPS) is 15.6. The molecule has 0 amide bonds. The van der Waals surface area contributed by atoms with Crippen LogP contribution in [-0.4, -0.2) is 23.0 Å². The lowest BCUT2D eigenvalue weighted by Crippen LogP contribution is -2.32. The van der Waals surface area contributed by atoms with Crippen molar-refractivity contribution in [2.24, 2.45) is 0 Å². The molecule has 0 N–H and O–H groups in total. The summed E-state index contributed by atoms with van der Waals surface area (Å²) < 4.78 is 1.26.